The first-order valence-corrected chi connectivity index (χ1v) is 8.21. The Morgan fingerprint density at radius 2 is 1.94 bits per heavy atom. The van der Waals surface area contributed by atoms with E-state index >= 15 is 0 Å². The first kappa shape index (κ1) is 16.0. The van der Waals surface area contributed by atoms with Crippen molar-refractivity contribution in [3.63, 3.8) is 0 Å². The average Bonchev–Trinajstić information content (AvgIpc) is 2.64. The maximum Gasteiger partial charge on any atom is 0.0249 e. The predicted octanol–water partition coefficient (Wildman–Crippen LogP) is 3.81. The van der Waals surface area contributed by atoms with Crippen LogP contribution in [0.2, 0.25) is 0 Å². The molecule has 0 aromatic rings. The molecule has 0 amide bonds. The van der Waals surface area contributed by atoms with E-state index in [0.29, 0.717) is 6.04 Å². The largest absolute Gasteiger partial charge is 0.315 e. The van der Waals surface area contributed by atoms with Crippen molar-refractivity contribution < 1.29 is 0 Å². The van der Waals surface area contributed by atoms with E-state index in [4.69, 9.17) is 0 Å². The second-order valence-electron chi connectivity index (χ2n) is 5.81. The number of likely N-dealkylation sites (tertiary alicyclic amines) is 1. The highest BCUT2D eigenvalue weighted by Gasteiger charge is 2.29. The van der Waals surface area contributed by atoms with Gasteiger partial charge in [0.2, 0.25) is 0 Å². The third-order valence-electron chi connectivity index (χ3n) is 4.67. The van der Waals surface area contributed by atoms with Crippen LogP contribution in [0.15, 0.2) is 0 Å². The van der Waals surface area contributed by atoms with Crippen LogP contribution in [0.1, 0.15) is 72.1 Å². The number of nitrogens with zero attached hydrogens (tertiary/aromatic N) is 1. The SMILES string of the molecule is CCCC(NC)C(CC)N1CCCCCC1CC. The summed E-state index contributed by atoms with van der Waals surface area (Å²) in [5.74, 6) is 0. The van der Waals surface area contributed by atoms with Gasteiger partial charge < -0.3 is 5.32 Å². The Morgan fingerprint density at radius 1 is 1.17 bits per heavy atom. The number of hydrogen-bond donors (Lipinski definition) is 1. The molecule has 108 valence electrons. The van der Waals surface area contributed by atoms with Crippen molar-refractivity contribution in [2.24, 2.45) is 0 Å². The van der Waals surface area contributed by atoms with Crippen LogP contribution in [0.3, 0.4) is 0 Å². The monoisotopic (exact) mass is 254 g/mol. The van der Waals surface area contributed by atoms with Gasteiger partial charge in [0.25, 0.3) is 0 Å². The van der Waals surface area contributed by atoms with Gasteiger partial charge in [-0.25, -0.2) is 0 Å². The lowest BCUT2D eigenvalue weighted by Gasteiger charge is -2.40. The van der Waals surface area contributed by atoms with Crippen molar-refractivity contribution in [3.05, 3.63) is 0 Å². The van der Waals surface area contributed by atoms with E-state index in [9.17, 15) is 0 Å². The molecule has 0 aliphatic carbocycles. The van der Waals surface area contributed by atoms with Crippen molar-refractivity contribution >= 4 is 0 Å². The maximum atomic E-state index is 3.57. The molecule has 1 aliphatic rings. The van der Waals surface area contributed by atoms with Crippen LogP contribution in [0.4, 0.5) is 0 Å². The summed E-state index contributed by atoms with van der Waals surface area (Å²) in [6, 6.07) is 2.23. The van der Waals surface area contributed by atoms with Gasteiger partial charge >= 0.3 is 0 Å². The van der Waals surface area contributed by atoms with Crippen LogP contribution in [0.5, 0.6) is 0 Å². The van der Waals surface area contributed by atoms with Crippen molar-refractivity contribution in [1.29, 1.82) is 0 Å². The predicted molar refractivity (Wildman–Crippen MR) is 81.1 cm³/mol. The smallest absolute Gasteiger partial charge is 0.0249 e. The van der Waals surface area contributed by atoms with Crippen molar-refractivity contribution in [2.45, 2.75) is 90.3 Å². The first-order valence-electron chi connectivity index (χ1n) is 8.21. The van der Waals surface area contributed by atoms with Crippen molar-refractivity contribution in [3.8, 4) is 0 Å². The third kappa shape index (κ3) is 4.24. The Labute approximate surface area is 115 Å². The summed E-state index contributed by atoms with van der Waals surface area (Å²) in [7, 11) is 2.14. The van der Waals surface area contributed by atoms with Crippen molar-refractivity contribution in [2.75, 3.05) is 13.6 Å². The molecule has 2 nitrogen and oxygen atoms in total. The Bertz CT molecular complexity index is 205. The summed E-state index contributed by atoms with van der Waals surface area (Å²) >= 11 is 0. The molecule has 0 aromatic carbocycles. The maximum absolute atomic E-state index is 3.57. The zero-order valence-electron chi connectivity index (χ0n) is 13.0. The summed E-state index contributed by atoms with van der Waals surface area (Å²) in [5, 5.41) is 3.57. The Morgan fingerprint density at radius 3 is 2.50 bits per heavy atom. The zero-order chi connectivity index (χ0) is 13.4. The Balaban J connectivity index is 2.74. The molecule has 1 aliphatic heterocycles. The summed E-state index contributed by atoms with van der Waals surface area (Å²) in [6.45, 7) is 8.35. The molecule has 3 atom stereocenters. The quantitative estimate of drug-likeness (QED) is 0.743. The highest BCUT2D eigenvalue weighted by molar-refractivity contribution is 4.87. The molecule has 1 N–H and O–H groups in total. The van der Waals surface area contributed by atoms with E-state index < -0.39 is 0 Å². The second-order valence-corrected chi connectivity index (χ2v) is 5.81. The molecule has 1 fully saturated rings. The van der Waals surface area contributed by atoms with Gasteiger partial charge in [-0.3, -0.25) is 4.90 Å². The molecule has 1 saturated heterocycles. The molecule has 1 heterocycles. The van der Waals surface area contributed by atoms with Gasteiger partial charge in [-0.1, -0.05) is 40.0 Å². The minimum absolute atomic E-state index is 0.673. The van der Waals surface area contributed by atoms with Gasteiger partial charge in [-0.05, 0) is 45.7 Å². The summed E-state index contributed by atoms with van der Waals surface area (Å²) in [6.07, 6.45) is 10.9. The van der Waals surface area contributed by atoms with E-state index in [1.165, 1.54) is 57.9 Å². The lowest BCUT2D eigenvalue weighted by molar-refractivity contribution is 0.0986. The number of likely N-dealkylation sites (N-methyl/N-ethyl adjacent to an activating group) is 1. The van der Waals surface area contributed by atoms with Crippen LogP contribution in [-0.2, 0) is 0 Å². The summed E-state index contributed by atoms with van der Waals surface area (Å²) in [4.78, 5) is 2.84. The summed E-state index contributed by atoms with van der Waals surface area (Å²) < 4.78 is 0. The minimum atomic E-state index is 0.673. The molecular formula is C16H34N2. The fraction of sp³-hybridized carbons (Fsp3) is 1.00. The third-order valence-corrected chi connectivity index (χ3v) is 4.67. The van der Waals surface area contributed by atoms with Crippen molar-refractivity contribution in [1.82, 2.24) is 10.2 Å². The van der Waals surface area contributed by atoms with Gasteiger partial charge in [-0.15, -0.1) is 0 Å². The lowest BCUT2D eigenvalue weighted by atomic mass is 9.96. The topological polar surface area (TPSA) is 15.3 Å². The molecule has 1 rings (SSSR count). The van der Waals surface area contributed by atoms with Crippen LogP contribution in [0.25, 0.3) is 0 Å². The van der Waals surface area contributed by atoms with Crippen LogP contribution < -0.4 is 5.32 Å². The van der Waals surface area contributed by atoms with E-state index in [-0.39, 0.29) is 0 Å². The number of rotatable bonds is 7. The van der Waals surface area contributed by atoms with Gasteiger partial charge in [0.05, 0.1) is 0 Å². The van der Waals surface area contributed by atoms with E-state index in [2.05, 4.69) is 38.0 Å². The molecule has 0 saturated carbocycles. The highest BCUT2D eigenvalue weighted by Crippen LogP contribution is 2.25. The van der Waals surface area contributed by atoms with Gasteiger partial charge in [-0.2, -0.15) is 0 Å². The van der Waals surface area contributed by atoms with Crippen LogP contribution in [0, 0.1) is 0 Å². The molecule has 0 spiro atoms. The lowest BCUT2D eigenvalue weighted by Crippen LogP contribution is -2.52. The van der Waals surface area contributed by atoms with Gasteiger partial charge in [0, 0.05) is 18.1 Å². The van der Waals surface area contributed by atoms with E-state index in [1.807, 2.05) is 0 Å². The highest BCUT2D eigenvalue weighted by atomic mass is 15.2. The molecule has 0 radical (unpaired) electrons. The van der Waals surface area contributed by atoms with Gasteiger partial charge in [0.1, 0.15) is 0 Å². The molecule has 3 unspecified atom stereocenters. The molecule has 0 bridgehead atoms. The second kappa shape index (κ2) is 8.92. The fourth-order valence-electron chi connectivity index (χ4n) is 3.67. The molecular weight excluding hydrogens is 220 g/mol. The number of hydrogen-bond acceptors (Lipinski definition) is 2. The molecule has 18 heavy (non-hydrogen) atoms. The zero-order valence-corrected chi connectivity index (χ0v) is 13.0. The first-order chi connectivity index (χ1) is 8.78. The molecule has 0 aromatic heterocycles. The van der Waals surface area contributed by atoms with Crippen LogP contribution >= 0.6 is 0 Å². The molecule has 2 heteroatoms. The summed E-state index contributed by atoms with van der Waals surface area (Å²) in [5.41, 5.74) is 0. The van der Waals surface area contributed by atoms with Crippen LogP contribution in [-0.4, -0.2) is 36.6 Å². The Kier molecular flexibility index (Phi) is 7.92. The van der Waals surface area contributed by atoms with E-state index in [1.54, 1.807) is 0 Å². The normalized spacial score (nSPS) is 25.7. The Hall–Kier alpha value is -0.0800. The fourth-order valence-corrected chi connectivity index (χ4v) is 3.67. The van der Waals surface area contributed by atoms with E-state index in [0.717, 1.165) is 12.1 Å². The average molecular weight is 254 g/mol. The minimum Gasteiger partial charge on any atom is -0.315 e. The standard InChI is InChI=1S/C16H34N2/c1-5-11-15(17-4)16(7-3)18-13-10-8-9-12-14(18)6-2/h14-17H,5-13H2,1-4H3. The van der Waals surface area contributed by atoms with Gasteiger partial charge in [0.15, 0.2) is 0 Å². The number of nitrogens with one attached hydrogen (secondary N) is 1.